The zero-order chi connectivity index (χ0) is 13.6. The van der Waals surface area contributed by atoms with Crippen molar-refractivity contribution in [2.45, 2.75) is 40.3 Å². The van der Waals surface area contributed by atoms with Crippen LogP contribution in [0.5, 0.6) is 0 Å². The summed E-state index contributed by atoms with van der Waals surface area (Å²) in [5, 5.41) is 0. The minimum absolute atomic E-state index is 0.290. The van der Waals surface area contributed by atoms with E-state index in [-0.39, 0.29) is 12.6 Å². The second-order valence-electron chi connectivity index (χ2n) is 3.33. The van der Waals surface area contributed by atoms with Crippen LogP contribution in [-0.2, 0) is 18.9 Å². The molecule has 0 aromatic rings. The molecule has 0 aliphatic carbocycles. The monoisotopic (exact) mass is 258 g/mol. The fourth-order valence-electron chi connectivity index (χ4n) is 1.29. The standard InChI is InChI=1S/C14H26O4/c1-5-15-13(16-6-2)11-9-10-12-14(17-7-3)18-8-4/h9-14H,5-8H2,1-4H3/b11-9+,12-10+. The predicted molar refractivity (Wildman–Crippen MR) is 72.4 cm³/mol. The molecule has 106 valence electrons. The van der Waals surface area contributed by atoms with E-state index in [0.717, 1.165) is 0 Å². The van der Waals surface area contributed by atoms with Gasteiger partial charge in [0, 0.05) is 26.4 Å². The summed E-state index contributed by atoms with van der Waals surface area (Å²) in [5.74, 6) is 0. The maximum Gasteiger partial charge on any atom is 0.177 e. The second-order valence-corrected chi connectivity index (χ2v) is 3.33. The Hall–Kier alpha value is -0.680. The van der Waals surface area contributed by atoms with Gasteiger partial charge in [-0.15, -0.1) is 0 Å². The first-order chi connectivity index (χ1) is 8.78. The van der Waals surface area contributed by atoms with Gasteiger partial charge in [0.2, 0.25) is 0 Å². The van der Waals surface area contributed by atoms with E-state index in [1.54, 1.807) is 0 Å². The molecule has 0 aliphatic rings. The summed E-state index contributed by atoms with van der Waals surface area (Å²) in [5.41, 5.74) is 0. The minimum Gasteiger partial charge on any atom is -0.349 e. The minimum atomic E-state index is -0.290. The molecule has 0 amide bonds. The van der Waals surface area contributed by atoms with Crippen LogP contribution in [0.4, 0.5) is 0 Å². The van der Waals surface area contributed by atoms with Gasteiger partial charge >= 0.3 is 0 Å². The Morgan fingerprint density at radius 2 is 0.889 bits per heavy atom. The lowest BCUT2D eigenvalue weighted by molar-refractivity contribution is -0.104. The molecule has 0 N–H and O–H groups in total. The van der Waals surface area contributed by atoms with Gasteiger partial charge in [0.25, 0.3) is 0 Å². The van der Waals surface area contributed by atoms with Crippen LogP contribution >= 0.6 is 0 Å². The van der Waals surface area contributed by atoms with E-state index in [1.807, 2.05) is 52.0 Å². The molecule has 4 heteroatoms. The molecule has 4 nitrogen and oxygen atoms in total. The highest BCUT2D eigenvalue weighted by Gasteiger charge is 2.02. The average molecular weight is 258 g/mol. The SMILES string of the molecule is CCOC(/C=C/C=C/C(OCC)OCC)OCC. The van der Waals surface area contributed by atoms with Gasteiger partial charge in [-0.1, -0.05) is 12.2 Å². The summed E-state index contributed by atoms with van der Waals surface area (Å²) in [6, 6.07) is 0. The lowest BCUT2D eigenvalue weighted by atomic mass is 10.4. The third-order valence-corrected chi connectivity index (χ3v) is 1.97. The topological polar surface area (TPSA) is 36.9 Å². The van der Waals surface area contributed by atoms with Gasteiger partial charge in [0.15, 0.2) is 12.6 Å². The summed E-state index contributed by atoms with van der Waals surface area (Å²) in [7, 11) is 0. The fourth-order valence-corrected chi connectivity index (χ4v) is 1.29. The third kappa shape index (κ3) is 9.36. The Morgan fingerprint density at radius 3 is 1.11 bits per heavy atom. The van der Waals surface area contributed by atoms with Crippen LogP contribution in [0.1, 0.15) is 27.7 Å². The highest BCUT2D eigenvalue weighted by molar-refractivity contribution is 5.05. The van der Waals surface area contributed by atoms with Gasteiger partial charge in [-0.2, -0.15) is 0 Å². The van der Waals surface area contributed by atoms with Crippen molar-refractivity contribution >= 4 is 0 Å². The molecule has 0 aromatic heterocycles. The van der Waals surface area contributed by atoms with E-state index in [4.69, 9.17) is 18.9 Å². The van der Waals surface area contributed by atoms with Crippen LogP contribution in [0, 0.1) is 0 Å². The van der Waals surface area contributed by atoms with Gasteiger partial charge in [-0.25, -0.2) is 0 Å². The molecule has 0 fully saturated rings. The molecule has 0 bridgehead atoms. The molecule has 0 saturated carbocycles. The van der Waals surface area contributed by atoms with Crippen molar-refractivity contribution in [1.82, 2.24) is 0 Å². The van der Waals surface area contributed by atoms with Gasteiger partial charge in [-0.3, -0.25) is 0 Å². The molecule has 0 atom stereocenters. The van der Waals surface area contributed by atoms with Crippen LogP contribution in [-0.4, -0.2) is 39.0 Å². The van der Waals surface area contributed by atoms with Crippen molar-refractivity contribution < 1.29 is 18.9 Å². The van der Waals surface area contributed by atoms with Crippen molar-refractivity contribution in [1.29, 1.82) is 0 Å². The molecule has 0 spiro atoms. The molecule has 18 heavy (non-hydrogen) atoms. The Kier molecular flexibility index (Phi) is 12.3. The first-order valence-electron chi connectivity index (χ1n) is 6.59. The van der Waals surface area contributed by atoms with E-state index in [9.17, 15) is 0 Å². The Labute approximate surface area is 111 Å². The zero-order valence-electron chi connectivity index (χ0n) is 11.9. The largest absolute Gasteiger partial charge is 0.349 e. The van der Waals surface area contributed by atoms with E-state index < -0.39 is 0 Å². The number of hydrogen-bond acceptors (Lipinski definition) is 4. The van der Waals surface area contributed by atoms with Crippen molar-refractivity contribution in [3.8, 4) is 0 Å². The molecule has 0 unspecified atom stereocenters. The van der Waals surface area contributed by atoms with Gasteiger partial charge in [0.1, 0.15) is 0 Å². The van der Waals surface area contributed by atoms with Crippen molar-refractivity contribution in [2.75, 3.05) is 26.4 Å². The second kappa shape index (κ2) is 12.8. The number of hydrogen-bond donors (Lipinski definition) is 0. The summed E-state index contributed by atoms with van der Waals surface area (Å²) in [6.45, 7) is 10.3. The van der Waals surface area contributed by atoms with E-state index in [1.165, 1.54) is 0 Å². The van der Waals surface area contributed by atoms with Crippen LogP contribution in [0.25, 0.3) is 0 Å². The van der Waals surface area contributed by atoms with Crippen LogP contribution < -0.4 is 0 Å². The first-order valence-corrected chi connectivity index (χ1v) is 6.59. The van der Waals surface area contributed by atoms with E-state index in [0.29, 0.717) is 26.4 Å². The van der Waals surface area contributed by atoms with Crippen molar-refractivity contribution in [3.05, 3.63) is 24.3 Å². The van der Waals surface area contributed by atoms with Crippen LogP contribution in [0.15, 0.2) is 24.3 Å². The summed E-state index contributed by atoms with van der Waals surface area (Å²) in [4.78, 5) is 0. The molecule has 0 aliphatic heterocycles. The lowest BCUT2D eigenvalue weighted by Gasteiger charge is -2.12. The average Bonchev–Trinajstić information content (AvgIpc) is 2.35. The smallest absolute Gasteiger partial charge is 0.177 e. The maximum absolute atomic E-state index is 5.38. The summed E-state index contributed by atoms with van der Waals surface area (Å²) in [6.07, 6.45) is 6.89. The molecule has 0 aromatic carbocycles. The van der Waals surface area contributed by atoms with Gasteiger partial charge in [0.05, 0.1) is 0 Å². The van der Waals surface area contributed by atoms with Crippen LogP contribution in [0.3, 0.4) is 0 Å². The predicted octanol–water partition coefficient (Wildman–Crippen LogP) is 2.90. The highest BCUT2D eigenvalue weighted by Crippen LogP contribution is 2.00. The maximum atomic E-state index is 5.38. The van der Waals surface area contributed by atoms with E-state index in [2.05, 4.69) is 0 Å². The van der Waals surface area contributed by atoms with Crippen molar-refractivity contribution in [2.24, 2.45) is 0 Å². The Bertz CT molecular complexity index is 190. The molecular weight excluding hydrogens is 232 g/mol. The Balaban J connectivity index is 4.13. The molecular formula is C14H26O4. The van der Waals surface area contributed by atoms with Crippen LogP contribution in [0.2, 0.25) is 0 Å². The lowest BCUT2D eigenvalue weighted by Crippen LogP contribution is -2.14. The molecule has 0 saturated heterocycles. The fraction of sp³-hybridized carbons (Fsp3) is 0.714. The molecule has 0 heterocycles. The van der Waals surface area contributed by atoms with E-state index >= 15 is 0 Å². The summed E-state index contributed by atoms with van der Waals surface area (Å²) >= 11 is 0. The molecule has 0 rings (SSSR count). The van der Waals surface area contributed by atoms with Gasteiger partial charge in [-0.05, 0) is 39.8 Å². The third-order valence-electron chi connectivity index (χ3n) is 1.97. The Morgan fingerprint density at radius 1 is 0.611 bits per heavy atom. The molecule has 0 radical (unpaired) electrons. The van der Waals surface area contributed by atoms with Gasteiger partial charge < -0.3 is 18.9 Å². The van der Waals surface area contributed by atoms with Crippen molar-refractivity contribution in [3.63, 3.8) is 0 Å². The zero-order valence-corrected chi connectivity index (χ0v) is 11.9. The number of ether oxygens (including phenoxy) is 4. The normalized spacial score (nSPS) is 12.6. The first kappa shape index (κ1) is 17.3. The quantitative estimate of drug-likeness (QED) is 0.422. The number of allylic oxidation sites excluding steroid dienone is 2. The number of rotatable bonds is 11. The highest BCUT2D eigenvalue weighted by atomic mass is 16.7. The summed E-state index contributed by atoms with van der Waals surface area (Å²) < 4.78 is 21.5.